The molecule has 0 aliphatic carbocycles. The number of nitrogens with one attached hydrogen (secondary N) is 1. The van der Waals surface area contributed by atoms with E-state index in [2.05, 4.69) is 28.5 Å². The van der Waals surface area contributed by atoms with E-state index in [9.17, 15) is 4.39 Å². The summed E-state index contributed by atoms with van der Waals surface area (Å²) < 4.78 is 30.4. The summed E-state index contributed by atoms with van der Waals surface area (Å²) in [5.74, 6) is 0.616. The van der Waals surface area contributed by atoms with E-state index in [4.69, 9.17) is 14.2 Å². The van der Waals surface area contributed by atoms with Gasteiger partial charge in [-0.15, -0.1) is 0 Å². The van der Waals surface area contributed by atoms with Crippen molar-refractivity contribution in [2.75, 3.05) is 34.4 Å². The maximum absolute atomic E-state index is 14.0. The van der Waals surface area contributed by atoms with Crippen LogP contribution < -0.4 is 10.1 Å². The highest BCUT2D eigenvalue weighted by Crippen LogP contribution is 2.18. The molecule has 168 valence electrons. The average molecular weight is 430 g/mol. The van der Waals surface area contributed by atoms with Gasteiger partial charge < -0.3 is 24.4 Å². The monoisotopic (exact) mass is 429 g/mol. The lowest BCUT2D eigenvalue weighted by atomic mass is 10.1. The molecule has 0 unspecified atom stereocenters. The van der Waals surface area contributed by atoms with Gasteiger partial charge in [0.2, 0.25) is 0 Å². The highest BCUT2D eigenvalue weighted by Gasteiger charge is 2.14. The summed E-state index contributed by atoms with van der Waals surface area (Å²) in [5.41, 5.74) is 3.15. The van der Waals surface area contributed by atoms with Gasteiger partial charge >= 0.3 is 0 Å². The number of nitrogens with zero attached hydrogens (tertiary/aromatic N) is 2. The first-order valence-corrected chi connectivity index (χ1v) is 10.6. The quantitative estimate of drug-likeness (QED) is 0.512. The molecule has 1 heterocycles. The Morgan fingerprint density at radius 2 is 1.94 bits per heavy atom. The topological polar surface area (TPSA) is 55.3 Å². The zero-order chi connectivity index (χ0) is 22.1. The van der Waals surface area contributed by atoms with Gasteiger partial charge in [-0.1, -0.05) is 30.3 Å². The lowest BCUT2D eigenvalue weighted by Crippen LogP contribution is -2.38. The van der Waals surface area contributed by atoms with Crippen molar-refractivity contribution in [3.05, 3.63) is 65.0 Å². The molecule has 1 N–H and O–H groups in total. The first kappa shape index (κ1) is 23.0. The fraction of sp³-hybridized carbons (Fsp3) is 0.458. The molecule has 0 radical (unpaired) electrons. The zero-order valence-corrected chi connectivity index (χ0v) is 18.6. The van der Waals surface area contributed by atoms with E-state index in [0.29, 0.717) is 19.7 Å². The predicted molar refractivity (Wildman–Crippen MR) is 120 cm³/mol. The molecular formula is C24H32FN3O3. The van der Waals surface area contributed by atoms with Crippen LogP contribution in [0.15, 0.2) is 47.5 Å². The van der Waals surface area contributed by atoms with Crippen LogP contribution >= 0.6 is 0 Å². The molecule has 6 nitrogen and oxygen atoms in total. The molecule has 3 rings (SSSR count). The van der Waals surface area contributed by atoms with Gasteiger partial charge in [-0.25, -0.2) is 4.39 Å². The average Bonchev–Trinajstić information content (AvgIpc) is 2.79. The van der Waals surface area contributed by atoms with Gasteiger partial charge in [0.05, 0.1) is 19.8 Å². The molecule has 1 aliphatic rings. The molecule has 7 heteroatoms. The van der Waals surface area contributed by atoms with Crippen LogP contribution in [0.4, 0.5) is 4.39 Å². The molecule has 0 amide bonds. The summed E-state index contributed by atoms with van der Waals surface area (Å²) >= 11 is 0. The predicted octanol–water partition coefficient (Wildman–Crippen LogP) is 3.74. The van der Waals surface area contributed by atoms with E-state index in [0.717, 1.165) is 48.7 Å². The van der Waals surface area contributed by atoms with Crippen LogP contribution in [0.5, 0.6) is 5.75 Å². The van der Waals surface area contributed by atoms with Crippen LogP contribution in [0.1, 0.15) is 29.5 Å². The van der Waals surface area contributed by atoms with Crippen LogP contribution in [-0.2, 0) is 29.2 Å². The number of methoxy groups -OCH3 is 1. The summed E-state index contributed by atoms with van der Waals surface area (Å²) in [5, 5.41) is 3.38. The minimum atomic E-state index is -0.365. The number of aliphatic imine (C=N–C) groups is 1. The van der Waals surface area contributed by atoms with Crippen LogP contribution in [0.2, 0.25) is 0 Å². The molecule has 2 aromatic rings. The van der Waals surface area contributed by atoms with Crippen molar-refractivity contribution in [1.29, 1.82) is 0 Å². The van der Waals surface area contributed by atoms with Crippen molar-refractivity contribution in [3.8, 4) is 5.75 Å². The smallest absolute Gasteiger partial charge is 0.193 e. The summed E-state index contributed by atoms with van der Waals surface area (Å²) in [4.78, 5) is 6.31. The normalized spacial score (nSPS) is 15.0. The first-order valence-electron chi connectivity index (χ1n) is 10.6. The maximum Gasteiger partial charge on any atom is 0.193 e. The van der Waals surface area contributed by atoms with E-state index in [-0.39, 0.29) is 17.7 Å². The fourth-order valence-electron chi connectivity index (χ4n) is 3.61. The largest absolute Gasteiger partial charge is 0.494 e. The Morgan fingerprint density at radius 3 is 2.65 bits per heavy atom. The minimum Gasteiger partial charge on any atom is -0.494 e. The minimum absolute atomic E-state index is 0.245. The van der Waals surface area contributed by atoms with Crippen LogP contribution in [0.3, 0.4) is 0 Å². The summed E-state index contributed by atoms with van der Waals surface area (Å²) in [7, 11) is 5.13. The second kappa shape index (κ2) is 11.7. The van der Waals surface area contributed by atoms with Crippen molar-refractivity contribution in [2.24, 2.45) is 4.99 Å². The second-order valence-corrected chi connectivity index (χ2v) is 7.67. The lowest BCUT2D eigenvalue weighted by molar-refractivity contribution is -0.0390. The van der Waals surface area contributed by atoms with E-state index in [1.807, 2.05) is 24.1 Å². The molecule has 2 aromatic carbocycles. The Balaban J connectivity index is 1.52. The Bertz CT molecular complexity index is 869. The highest BCUT2D eigenvalue weighted by molar-refractivity contribution is 5.79. The summed E-state index contributed by atoms with van der Waals surface area (Å²) in [6.07, 6.45) is 2.20. The second-order valence-electron chi connectivity index (χ2n) is 7.67. The molecule has 0 spiro atoms. The highest BCUT2D eigenvalue weighted by atomic mass is 19.1. The molecule has 0 atom stereocenters. The fourth-order valence-corrected chi connectivity index (χ4v) is 3.61. The van der Waals surface area contributed by atoms with Crippen molar-refractivity contribution in [1.82, 2.24) is 10.2 Å². The number of ether oxygens (including phenoxy) is 3. The van der Waals surface area contributed by atoms with Crippen LogP contribution in [0.25, 0.3) is 0 Å². The Morgan fingerprint density at radius 1 is 1.16 bits per heavy atom. The van der Waals surface area contributed by atoms with Gasteiger partial charge in [0.15, 0.2) is 17.5 Å². The van der Waals surface area contributed by atoms with E-state index in [1.165, 1.54) is 13.2 Å². The molecule has 0 bridgehead atoms. The van der Waals surface area contributed by atoms with E-state index < -0.39 is 0 Å². The van der Waals surface area contributed by atoms with Crippen molar-refractivity contribution in [2.45, 2.75) is 38.6 Å². The number of benzene rings is 2. The number of halogens is 1. The molecule has 0 aromatic heterocycles. The van der Waals surface area contributed by atoms with Gasteiger partial charge in [0.25, 0.3) is 0 Å². The lowest BCUT2D eigenvalue weighted by Gasteiger charge is -2.23. The summed E-state index contributed by atoms with van der Waals surface area (Å²) in [6.45, 7) is 3.34. The van der Waals surface area contributed by atoms with Crippen molar-refractivity contribution in [3.63, 3.8) is 0 Å². The van der Waals surface area contributed by atoms with Crippen molar-refractivity contribution < 1.29 is 18.6 Å². The van der Waals surface area contributed by atoms with E-state index in [1.54, 1.807) is 13.1 Å². The van der Waals surface area contributed by atoms with Gasteiger partial charge in [0.1, 0.15) is 0 Å². The van der Waals surface area contributed by atoms with Gasteiger partial charge in [-0.3, -0.25) is 4.99 Å². The molecule has 1 aliphatic heterocycles. The number of rotatable bonds is 8. The zero-order valence-electron chi connectivity index (χ0n) is 18.6. The Kier molecular flexibility index (Phi) is 8.67. The third-order valence-corrected chi connectivity index (χ3v) is 5.31. The summed E-state index contributed by atoms with van der Waals surface area (Å²) in [6, 6.07) is 13.4. The first-order chi connectivity index (χ1) is 15.1. The van der Waals surface area contributed by atoms with Crippen molar-refractivity contribution >= 4 is 5.96 Å². The molecule has 1 saturated heterocycles. The molecule has 0 saturated carbocycles. The molecule has 31 heavy (non-hydrogen) atoms. The van der Waals surface area contributed by atoms with Crippen LogP contribution in [-0.4, -0.2) is 51.4 Å². The number of hydrogen-bond donors (Lipinski definition) is 1. The van der Waals surface area contributed by atoms with Crippen LogP contribution in [0, 0.1) is 5.82 Å². The molecular weight excluding hydrogens is 397 g/mol. The maximum atomic E-state index is 14.0. The SMILES string of the molecule is CN=C(NCc1cccc(COC2CCOCC2)c1)N(C)Cc1ccc(OC)c(F)c1. The standard InChI is InChI=1S/C24H32FN3O3/c1-26-24(28(2)16-19-7-8-23(29-3)22(25)14-19)27-15-18-5-4-6-20(13-18)17-31-21-9-11-30-12-10-21/h4-8,13-14,21H,9-12,15-17H2,1-3H3,(H,26,27). The Labute approximate surface area is 184 Å². The Hall–Kier alpha value is -2.64. The van der Waals surface area contributed by atoms with Gasteiger partial charge in [0, 0.05) is 40.4 Å². The van der Waals surface area contributed by atoms with Gasteiger partial charge in [-0.05, 0) is 41.7 Å². The third-order valence-electron chi connectivity index (χ3n) is 5.31. The van der Waals surface area contributed by atoms with E-state index >= 15 is 0 Å². The molecule has 1 fully saturated rings. The van der Waals surface area contributed by atoms with Gasteiger partial charge in [-0.2, -0.15) is 0 Å². The number of hydrogen-bond acceptors (Lipinski definition) is 4. The number of guanidine groups is 1. The third kappa shape index (κ3) is 6.94.